The van der Waals surface area contributed by atoms with Crippen molar-refractivity contribution in [1.82, 2.24) is 10.6 Å². The van der Waals surface area contributed by atoms with Gasteiger partial charge in [0, 0.05) is 12.1 Å². The van der Waals surface area contributed by atoms with E-state index in [0.29, 0.717) is 0 Å². The Morgan fingerprint density at radius 3 is 1.71 bits per heavy atom. The minimum atomic E-state index is 0.755. The zero-order valence-corrected chi connectivity index (χ0v) is 4.86. The Hall–Kier alpha value is -0.0800. The van der Waals surface area contributed by atoms with Gasteiger partial charge in [-0.15, -0.1) is 0 Å². The second kappa shape index (κ2) is 1.80. The van der Waals surface area contributed by atoms with Crippen LogP contribution in [0.2, 0.25) is 0 Å². The summed E-state index contributed by atoms with van der Waals surface area (Å²) in [7, 11) is 4.00. The molecule has 2 N–H and O–H groups in total. The predicted octanol–water partition coefficient (Wildman–Crippen LogP) is -0.434. The van der Waals surface area contributed by atoms with Gasteiger partial charge in [-0.1, -0.05) is 0 Å². The lowest BCUT2D eigenvalue weighted by Crippen LogP contribution is -2.21. The standard InChI is InChI=1S/C5H12N2/c1-6-4-3-5(4)7-2/h4-7H,3H2,1-2H3/t4-,5+. The van der Waals surface area contributed by atoms with Crippen molar-refractivity contribution in [1.29, 1.82) is 0 Å². The van der Waals surface area contributed by atoms with Gasteiger partial charge in [-0.2, -0.15) is 0 Å². The van der Waals surface area contributed by atoms with E-state index in [9.17, 15) is 0 Å². The van der Waals surface area contributed by atoms with E-state index < -0.39 is 0 Å². The van der Waals surface area contributed by atoms with Crippen LogP contribution in [0.25, 0.3) is 0 Å². The van der Waals surface area contributed by atoms with E-state index in [1.807, 2.05) is 14.1 Å². The fourth-order valence-corrected chi connectivity index (χ4v) is 0.833. The van der Waals surface area contributed by atoms with Gasteiger partial charge < -0.3 is 10.6 Å². The SMILES string of the molecule is CN[C@H]1C[C@H]1NC. The fourth-order valence-electron chi connectivity index (χ4n) is 0.833. The fraction of sp³-hybridized carbons (Fsp3) is 1.00. The Morgan fingerprint density at radius 1 is 1.14 bits per heavy atom. The van der Waals surface area contributed by atoms with E-state index in [1.54, 1.807) is 0 Å². The number of hydrogen-bond acceptors (Lipinski definition) is 2. The molecule has 42 valence electrons. The first-order valence-corrected chi connectivity index (χ1v) is 2.73. The van der Waals surface area contributed by atoms with Crippen molar-refractivity contribution in [2.45, 2.75) is 18.5 Å². The molecule has 0 spiro atoms. The molecule has 2 atom stereocenters. The Labute approximate surface area is 44.3 Å². The van der Waals surface area contributed by atoms with Gasteiger partial charge in [-0.05, 0) is 20.5 Å². The summed E-state index contributed by atoms with van der Waals surface area (Å²) in [5.74, 6) is 0. The summed E-state index contributed by atoms with van der Waals surface area (Å²) in [6.07, 6.45) is 1.30. The molecule has 0 amide bonds. The maximum absolute atomic E-state index is 3.18. The van der Waals surface area contributed by atoms with Crippen LogP contribution in [-0.2, 0) is 0 Å². The molecule has 2 nitrogen and oxygen atoms in total. The van der Waals surface area contributed by atoms with Crippen LogP contribution in [0.15, 0.2) is 0 Å². The smallest absolute Gasteiger partial charge is 0.0234 e. The summed E-state index contributed by atoms with van der Waals surface area (Å²) in [6, 6.07) is 1.51. The van der Waals surface area contributed by atoms with Gasteiger partial charge >= 0.3 is 0 Å². The third kappa shape index (κ3) is 0.924. The van der Waals surface area contributed by atoms with Crippen molar-refractivity contribution in [3.63, 3.8) is 0 Å². The Bertz CT molecular complexity index is 55.1. The van der Waals surface area contributed by atoms with Crippen LogP contribution in [0.1, 0.15) is 6.42 Å². The molecule has 1 rings (SSSR count). The summed E-state index contributed by atoms with van der Waals surface area (Å²) < 4.78 is 0. The van der Waals surface area contributed by atoms with Gasteiger partial charge in [-0.25, -0.2) is 0 Å². The minimum absolute atomic E-state index is 0.755. The van der Waals surface area contributed by atoms with Crippen LogP contribution in [0.3, 0.4) is 0 Å². The van der Waals surface area contributed by atoms with Crippen molar-refractivity contribution < 1.29 is 0 Å². The van der Waals surface area contributed by atoms with E-state index in [4.69, 9.17) is 0 Å². The average molecular weight is 100 g/mol. The molecule has 0 bridgehead atoms. The molecule has 0 saturated heterocycles. The molecule has 1 aliphatic carbocycles. The Balaban J connectivity index is 2.06. The summed E-state index contributed by atoms with van der Waals surface area (Å²) in [4.78, 5) is 0. The lowest BCUT2D eigenvalue weighted by Gasteiger charge is -1.91. The molecular formula is C5H12N2. The molecule has 0 aromatic carbocycles. The molecule has 7 heavy (non-hydrogen) atoms. The second-order valence-corrected chi connectivity index (χ2v) is 2.03. The number of hydrogen-bond donors (Lipinski definition) is 2. The van der Waals surface area contributed by atoms with E-state index in [-0.39, 0.29) is 0 Å². The van der Waals surface area contributed by atoms with E-state index in [0.717, 1.165) is 12.1 Å². The lowest BCUT2D eigenvalue weighted by molar-refractivity contribution is 0.708. The monoisotopic (exact) mass is 100 g/mol. The molecule has 0 aliphatic heterocycles. The largest absolute Gasteiger partial charge is 0.315 e. The van der Waals surface area contributed by atoms with Gasteiger partial charge in [0.15, 0.2) is 0 Å². The third-order valence-corrected chi connectivity index (χ3v) is 1.53. The molecule has 0 aromatic rings. The van der Waals surface area contributed by atoms with Crippen LogP contribution in [0.5, 0.6) is 0 Å². The van der Waals surface area contributed by atoms with E-state index >= 15 is 0 Å². The molecular weight excluding hydrogens is 88.1 g/mol. The first-order chi connectivity index (χ1) is 3.38. The number of likely N-dealkylation sites (N-methyl/N-ethyl adjacent to an activating group) is 2. The van der Waals surface area contributed by atoms with Gasteiger partial charge in [0.05, 0.1) is 0 Å². The van der Waals surface area contributed by atoms with Gasteiger partial charge in [0.1, 0.15) is 0 Å². The first kappa shape index (κ1) is 5.06. The molecule has 2 heteroatoms. The highest BCUT2D eigenvalue weighted by atomic mass is 15.1. The molecule has 0 aromatic heterocycles. The lowest BCUT2D eigenvalue weighted by atomic mass is 10.6. The van der Waals surface area contributed by atoms with E-state index in [1.165, 1.54) is 6.42 Å². The molecule has 0 heterocycles. The van der Waals surface area contributed by atoms with Crippen LogP contribution >= 0.6 is 0 Å². The molecule has 1 fully saturated rings. The van der Waals surface area contributed by atoms with Gasteiger partial charge in [-0.3, -0.25) is 0 Å². The third-order valence-electron chi connectivity index (χ3n) is 1.53. The maximum atomic E-state index is 3.18. The van der Waals surface area contributed by atoms with Gasteiger partial charge in [0.2, 0.25) is 0 Å². The van der Waals surface area contributed by atoms with Gasteiger partial charge in [0.25, 0.3) is 0 Å². The summed E-state index contributed by atoms with van der Waals surface area (Å²) in [5, 5.41) is 6.35. The maximum Gasteiger partial charge on any atom is 0.0234 e. The van der Waals surface area contributed by atoms with Crippen molar-refractivity contribution in [2.75, 3.05) is 14.1 Å². The highest BCUT2D eigenvalue weighted by molar-refractivity contribution is 4.97. The average Bonchev–Trinajstić information content (AvgIpc) is 2.43. The minimum Gasteiger partial charge on any atom is -0.315 e. The highest BCUT2D eigenvalue weighted by Gasteiger charge is 2.33. The predicted molar refractivity (Wildman–Crippen MR) is 30.3 cm³/mol. The van der Waals surface area contributed by atoms with Crippen molar-refractivity contribution >= 4 is 0 Å². The second-order valence-electron chi connectivity index (χ2n) is 2.03. The molecule has 0 unspecified atom stereocenters. The highest BCUT2D eigenvalue weighted by Crippen LogP contribution is 2.18. The summed E-state index contributed by atoms with van der Waals surface area (Å²) >= 11 is 0. The summed E-state index contributed by atoms with van der Waals surface area (Å²) in [6.45, 7) is 0. The first-order valence-electron chi connectivity index (χ1n) is 2.73. The zero-order chi connectivity index (χ0) is 5.28. The normalized spacial score (nSPS) is 38.6. The Morgan fingerprint density at radius 2 is 1.57 bits per heavy atom. The van der Waals surface area contributed by atoms with E-state index in [2.05, 4.69) is 10.6 Å². The van der Waals surface area contributed by atoms with Crippen molar-refractivity contribution in [3.8, 4) is 0 Å². The van der Waals surface area contributed by atoms with Crippen LogP contribution in [0.4, 0.5) is 0 Å². The topological polar surface area (TPSA) is 24.1 Å². The molecule has 0 radical (unpaired) electrons. The van der Waals surface area contributed by atoms with Crippen molar-refractivity contribution in [2.24, 2.45) is 0 Å². The Kier molecular flexibility index (Phi) is 1.30. The quantitative estimate of drug-likeness (QED) is 0.492. The molecule has 1 aliphatic rings. The van der Waals surface area contributed by atoms with Crippen LogP contribution < -0.4 is 10.6 Å². The van der Waals surface area contributed by atoms with Crippen LogP contribution in [0, 0.1) is 0 Å². The number of nitrogens with one attached hydrogen (secondary N) is 2. The summed E-state index contributed by atoms with van der Waals surface area (Å²) in [5.41, 5.74) is 0. The van der Waals surface area contributed by atoms with Crippen molar-refractivity contribution in [3.05, 3.63) is 0 Å². The van der Waals surface area contributed by atoms with Crippen LogP contribution in [-0.4, -0.2) is 26.2 Å². The molecule has 1 saturated carbocycles. The number of rotatable bonds is 2. The zero-order valence-electron chi connectivity index (χ0n) is 4.86.